The first-order valence-corrected chi connectivity index (χ1v) is 8.22. The van der Waals surface area contributed by atoms with Gasteiger partial charge in [0.15, 0.2) is 0 Å². The summed E-state index contributed by atoms with van der Waals surface area (Å²) in [5, 5.41) is 3.43. The standard InChI is InChI=1S/C18H26N2O.ClH/c1-13-11-16(9-10-19-13)18(21)20(2)17-8-7-14-5-3-4-6-15(14)12-17;/h3-6,13,16-17,19H,7-12H2,1-2H3;1H/t13-,16-,17?;/m0./s1. The highest BCUT2D eigenvalue weighted by molar-refractivity contribution is 5.85. The molecule has 1 unspecified atom stereocenters. The van der Waals surface area contributed by atoms with Crippen LogP contribution in [0.1, 0.15) is 37.3 Å². The van der Waals surface area contributed by atoms with Gasteiger partial charge in [0.1, 0.15) is 0 Å². The number of carbonyl (C=O) groups excluding carboxylic acids is 1. The average Bonchev–Trinajstić information content (AvgIpc) is 2.53. The first-order valence-electron chi connectivity index (χ1n) is 8.22. The minimum atomic E-state index is 0. The molecular formula is C18H27ClN2O. The summed E-state index contributed by atoms with van der Waals surface area (Å²) < 4.78 is 0. The number of piperidine rings is 1. The lowest BCUT2D eigenvalue weighted by atomic mass is 9.86. The molecule has 1 aromatic rings. The van der Waals surface area contributed by atoms with Gasteiger partial charge in [-0.05, 0) is 56.7 Å². The fraction of sp³-hybridized carbons (Fsp3) is 0.611. The minimum Gasteiger partial charge on any atom is -0.342 e. The highest BCUT2D eigenvalue weighted by atomic mass is 35.5. The molecule has 0 saturated carbocycles. The number of aryl methyl sites for hydroxylation is 1. The Labute approximate surface area is 139 Å². The number of carbonyl (C=O) groups is 1. The monoisotopic (exact) mass is 322 g/mol. The van der Waals surface area contributed by atoms with Crippen LogP contribution in [0.15, 0.2) is 24.3 Å². The van der Waals surface area contributed by atoms with E-state index in [1.165, 1.54) is 11.1 Å². The predicted molar refractivity (Wildman–Crippen MR) is 92.5 cm³/mol. The normalized spacial score (nSPS) is 27.5. The van der Waals surface area contributed by atoms with Crippen LogP contribution < -0.4 is 5.32 Å². The van der Waals surface area contributed by atoms with Gasteiger partial charge in [-0.15, -0.1) is 12.4 Å². The molecule has 1 aliphatic carbocycles. The number of fused-ring (bicyclic) bond motifs is 1. The molecular weight excluding hydrogens is 296 g/mol. The van der Waals surface area contributed by atoms with E-state index in [0.717, 1.165) is 38.6 Å². The number of hydrogen-bond donors (Lipinski definition) is 1. The summed E-state index contributed by atoms with van der Waals surface area (Å²) in [5.41, 5.74) is 2.89. The van der Waals surface area contributed by atoms with Crippen LogP contribution in [0.25, 0.3) is 0 Å². The average molecular weight is 323 g/mol. The van der Waals surface area contributed by atoms with Gasteiger partial charge >= 0.3 is 0 Å². The summed E-state index contributed by atoms with van der Waals surface area (Å²) >= 11 is 0. The largest absolute Gasteiger partial charge is 0.342 e. The molecule has 1 fully saturated rings. The molecule has 0 radical (unpaired) electrons. The predicted octanol–water partition coefficient (Wildman–Crippen LogP) is 2.81. The molecule has 1 saturated heterocycles. The van der Waals surface area contributed by atoms with E-state index in [9.17, 15) is 4.79 Å². The van der Waals surface area contributed by atoms with Crippen molar-refractivity contribution >= 4 is 18.3 Å². The van der Waals surface area contributed by atoms with Gasteiger partial charge in [0.25, 0.3) is 0 Å². The van der Waals surface area contributed by atoms with E-state index >= 15 is 0 Å². The van der Waals surface area contributed by atoms with Crippen molar-refractivity contribution in [2.45, 2.75) is 51.1 Å². The van der Waals surface area contributed by atoms with E-state index in [1.807, 2.05) is 11.9 Å². The quantitative estimate of drug-likeness (QED) is 0.908. The number of benzene rings is 1. The van der Waals surface area contributed by atoms with Crippen molar-refractivity contribution in [1.29, 1.82) is 0 Å². The highest BCUT2D eigenvalue weighted by Crippen LogP contribution is 2.26. The second-order valence-corrected chi connectivity index (χ2v) is 6.69. The molecule has 4 heteroatoms. The molecule has 2 aliphatic rings. The maximum Gasteiger partial charge on any atom is 0.225 e. The number of nitrogens with zero attached hydrogens (tertiary/aromatic N) is 1. The molecule has 3 rings (SSSR count). The molecule has 1 amide bonds. The van der Waals surface area contributed by atoms with E-state index < -0.39 is 0 Å². The molecule has 22 heavy (non-hydrogen) atoms. The van der Waals surface area contributed by atoms with Crippen molar-refractivity contribution in [3.63, 3.8) is 0 Å². The molecule has 3 atom stereocenters. The summed E-state index contributed by atoms with van der Waals surface area (Å²) in [7, 11) is 2.01. The van der Waals surface area contributed by atoms with Crippen molar-refractivity contribution in [3.05, 3.63) is 35.4 Å². The minimum absolute atomic E-state index is 0. The number of amides is 1. The summed E-state index contributed by atoms with van der Waals surface area (Å²) in [5.74, 6) is 0.566. The molecule has 3 nitrogen and oxygen atoms in total. The summed E-state index contributed by atoms with van der Waals surface area (Å²) in [4.78, 5) is 14.8. The van der Waals surface area contributed by atoms with Crippen LogP contribution in [0.4, 0.5) is 0 Å². The van der Waals surface area contributed by atoms with Gasteiger partial charge in [0.2, 0.25) is 5.91 Å². The van der Waals surface area contributed by atoms with E-state index in [4.69, 9.17) is 0 Å². The Balaban J connectivity index is 0.00000176. The van der Waals surface area contributed by atoms with Gasteiger partial charge in [-0.1, -0.05) is 24.3 Å². The number of likely N-dealkylation sites (N-methyl/N-ethyl adjacent to an activating group) is 1. The first-order chi connectivity index (χ1) is 10.1. The zero-order valence-corrected chi connectivity index (χ0v) is 14.4. The first kappa shape index (κ1) is 17.3. The zero-order valence-electron chi connectivity index (χ0n) is 13.5. The van der Waals surface area contributed by atoms with Crippen LogP contribution in [0.2, 0.25) is 0 Å². The number of hydrogen-bond acceptors (Lipinski definition) is 2. The smallest absolute Gasteiger partial charge is 0.225 e. The van der Waals surface area contributed by atoms with Crippen molar-refractivity contribution in [1.82, 2.24) is 10.2 Å². The third kappa shape index (κ3) is 3.64. The third-order valence-electron chi connectivity index (χ3n) is 5.19. The lowest BCUT2D eigenvalue weighted by Gasteiger charge is -2.36. The molecule has 1 aromatic carbocycles. The van der Waals surface area contributed by atoms with Gasteiger partial charge in [0.05, 0.1) is 0 Å². The lowest BCUT2D eigenvalue weighted by Crippen LogP contribution is -2.47. The second-order valence-electron chi connectivity index (χ2n) is 6.69. The molecule has 0 aromatic heterocycles. The lowest BCUT2D eigenvalue weighted by molar-refractivity contribution is -0.137. The Morgan fingerprint density at radius 3 is 2.68 bits per heavy atom. The molecule has 0 bridgehead atoms. The van der Waals surface area contributed by atoms with Gasteiger partial charge < -0.3 is 10.2 Å². The topological polar surface area (TPSA) is 32.3 Å². The molecule has 1 aliphatic heterocycles. The fourth-order valence-corrected chi connectivity index (χ4v) is 3.83. The molecule has 122 valence electrons. The summed E-state index contributed by atoms with van der Waals surface area (Å²) in [6.45, 7) is 3.15. The number of halogens is 1. The van der Waals surface area contributed by atoms with Crippen molar-refractivity contribution < 1.29 is 4.79 Å². The Morgan fingerprint density at radius 2 is 1.95 bits per heavy atom. The Morgan fingerprint density at radius 1 is 1.23 bits per heavy atom. The van der Waals surface area contributed by atoms with Gasteiger partial charge in [-0.3, -0.25) is 4.79 Å². The van der Waals surface area contributed by atoms with Crippen molar-refractivity contribution in [3.8, 4) is 0 Å². The van der Waals surface area contributed by atoms with E-state index in [2.05, 4.69) is 36.5 Å². The third-order valence-corrected chi connectivity index (χ3v) is 5.19. The Bertz CT molecular complexity index is 520. The molecule has 0 spiro atoms. The summed E-state index contributed by atoms with van der Waals surface area (Å²) in [6.07, 6.45) is 5.17. The van der Waals surface area contributed by atoms with Crippen LogP contribution in [0.5, 0.6) is 0 Å². The van der Waals surface area contributed by atoms with Crippen LogP contribution in [-0.2, 0) is 17.6 Å². The second kappa shape index (κ2) is 7.47. The van der Waals surface area contributed by atoms with Crippen molar-refractivity contribution in [2.75, 3.05) is 13.6 Å². The van der Waals surface area contributed by atoms with Gasteiger partial charge in [-0.2, -0.15) is 0 Å². The van der Waals surface area contributed by atoms with E-state index in [0.29, 0.717) is 18.0 Å². The Hall–Kier alpha value is -1.06. The summed E-state index contributed by atoms with van der Waals surface area (Å²) in [6, 6.07) is 9.50. The van der Waals surface area contributed by atoms with E-state index in [-0.39, 0.29) is 18.3 Å². The number of rotatable bonds is 2. The van der Waals surface area contributed by atoms with Crippen LogP contribution in [0.3, 0.4) is 0 Å². The van der Waals surface area contributed by atoms with Crippen LogP contribution in [-0.4, -0.2) is 36.5 Å². The van der Waals surface area contributed by atoms with E-state index in [1.54, 1.807) is 0 Å². The van der Waals surface area contributed by atoms with Gasteiger partial charge in [0, 0.05) is 25.0 Å². The molecule has 1 N–H and O–H groups in total. The maximum absolute atomic E-state index is 12.8. The van der Waals surface area contributed by atoms with Crippen LogP contribution >= 0.6 is 12.4 Å². The van der Waals surface area contributed by atoms with Gasteiger partial charge in [-0.25, -0.2) is 0 Å². The van der Waals surface area contributed by atoms with Crippen molar-refractivity contribution in [2.24, 2.45) is 5.92 Å². The highest BCUT2D eigenvalue weighted by Gasteiger charge is 2.31. The van der Waals surface area contributed by atoms with Crippen LogP contribution in [0, 0.1) is 5.92 Å². The number of nitrogens with one attached hydrogen (secondary N) is 1. The maximum atomic E-state index is 12.8. The fourth-order valence-electron chi connectivity index (χ4n) is 3.83. The zero-order chi connectivity index (χ0) is 14.8. The Kier molecular flexibility index (Phi) is 5.87. The molecule has 1 heterocycles. The SMILES string of the molecule is C[C@H]1C[C@@H](C(=O)N(C)C2CCc3ccccc3C2)CCN1.Cl.